The fourth-order valence-corrected chi connectivity index (χ4v) is 8.05. The summed E-state index contributed by atoms with van der Waals surface area (Å²) >= 11 is 0. The quantitative estimate of drug-likeness (QED) is 0.169. The van der Waals surface area contributed by atoms with Crippen molar-refractivity contribution >= 4 is 11.0 Å². The van der Waals surface area contributed by atoms with Crippen molar-refractivity contribution in [2.24, 2.45) is 0 Å². The van der Waals surface area contributed by atoms with Crippen molar-refractivity contribution in [3.8, 4) is 67.5 Å². The predicted molar refractivity (Wildman–Crippen MR) is 261 cm³/mol. The van der Waals surface area contributed by atoms with Crippen LogP contribution in [-0.2, 0) is 42.7 Å². The molecule has 1 N–H and O–H groups in total. The third-order valence-electron chi connectivity index (χ3n) is 11.7. The summed E-state index contributed by atoms with van der Waals surface area (Å²) in [5.41, 5.74) is 12.2. The third-order valence-corrected chi connectivity index (χ3v) is 11.7. The zero-order chi connectivity index (χ0) is 46.1. The van der Waals surface area contributed by atoms with Crippen LogP contribution in [0.5, 0.6) is 5.75 Å². The average molecular weight is 1010 g/mol. The minimum Gasteiger partial charge on any atom is -0.507 e. The first-order valence-corrected chi connectivity index (χ1v) is 21.7. The number of para-hydroxylation sites is 1. The number of fused-ring (bicyclic) bond motifs is 1. The number of phenolic OH excluding ortho intramolecular Hbond substituents is 1. The molecular weight excluding hydrogens is 950 g/mol. The molecule has 0 aliphatic rings. The first-order valence-electron chi connectivity index (χ1n) is 22.7. The minimum atomic E-state index is -0.611. The van der Waals surface area contributed by atoms with Gasteiger partial charge in [-0.05, 0) is 79.8 Å². The van der Waals surface area contributed by atoms with E-state index in [4.69, 9.17) is 9.97 Å². The van der Waals surface area contributed by atoms with Crippen molar-refractivity contribution in [1.29, 1.82) is 0 Å². The van der Waals surface area contributed by atoms with Crippen LogP contribution in [0.3, 0.4) is 0 Å². The second-order valence-corrected chi connectivity index (χ2v) is 20.8. The Morgan fingerprint density at radius 2 is 1.16 bits per heavy atom. The molecule has 0 fully saturated rings. The zero-order valence-electron chi connectivity index (χ0n) is 40.7. The van der Waals surface area contributed by atoms with E-state index in [1.165, 1.54) is 5.56 Å². The van der Waals surface area contributed by atoms with Gasteiger partial charge in [0.25, 0.3) is 0 Å². The maximum atomic E-state index is 12.6. The Morgan fingerprint density at radius 3 is 1.78 bits per heavy atom. The van der Waals surface area contributed by atoms with Gasteiger partial charge in [0.05, 0.1) is 25.0 Å². The second-order valence-electron chi connectivity index (χ2n) is 20.8. The van der Waals surface area contributed by atoms with Crippen LogP contribution in [-0.4, -0.2) is 19.6 Å². The molecule has 6 aromatic carbocycles. The standard InChI is InChI=1S/C58H60N3O.Pt/c1-55(2,3)42-26-27-50(46(34-42)38-22-17-14-18-23-38)61-51-25-19-24-45(52(51)60-54(61)47-35-44(57(7,8)9)36-48(53(47)62)58(10,11)12)40-30-41(32-43(31-40)56(4,5)6)49-33-39(28-29-59-49)37-20-15-13-16-21-37;/h13-29,31-36,62H,1-12H3;/q-1;/i35D,36D;. The molecule has 0 bridgehead atoms. The molecule has 0 atom stereocenters. The van der Waals surface area contributed by atoms with Crippen molar-refractivity contribution in [3.63, 3.8) is 0 Å². The van der Waals surface area contributed by atoms with Gasteiger partial charge in [0.1, 0.15) is 11.6 Å². The number of rotatable bonds is 6. The Hall–Kier alpha value is -5.57. The Bertz CT molecular complexity index is 3010. The molecule has 0 amide bonds. The van der Waals surface area contributed by atoms with Crippen LogP contribution in [0.4, 0.5) is 0 Å². The molecule has 0 unspecified atom stereocenters. The van der Waals surface area contributed by atoms with Gasteiger partial charge in [0, 0.05) is 44.1 Å². The Balaban J connectivity index is 0.00000630. The normalized spacial score (nSPS) is 12.8. The van der Waals surface area contributed by atoms with Gasteiger partial charge >= 0.3 is 0 Å². The smallest absolute Gasteiger partial charge is 0.148 e. The molecule has 0 saturated heterocycles. The van der Waals surface area contributed by atoms with Crippen LogP contribution in [0.1, 0.15) is 108 Å². The van der Waals surface area contributed by atoms with Gasteiger partial charge in [0.2, 0.25) is 0 Å². The maximum Gasteiger partial charge on any atom is 0.148 e. The summed E-state index contributed by atoms with van der Waals surface area (Å²) in [5.74, 6) is 0.347. The summed E-state index contributed by atoms with van der Waals surface area (Å²) in [6, 6.07) is 46.3. The summed E-state index contributed by atoms with van der Waals surface area (Å²) in [5, 5.41) is 12.6. The van der Waals surface area contributed by atoms with Gasteiger partial charge in [0.15, 0.2) is 0 Å². The van der Waals surface area contributed by atoms with Gasteiger partial charge in [-0.15, -0.1) is 29.3 Å². The minimum absolute atomic E-state index is 0. The summed E-state index contributed by atoms with van der Waals surface area (Å²) in [6.45, 7) is 25.5. The van der Waals surface area contributed by atoms with Gasteiger partial charge in [-0.3, -0.25) is 9.55 Å². The van der Waals surface area contributed by atoms with E-state index < -0.39 is 10.8 Å². The van der Waals surface area contributed by atoms with E-state index in [-0.39, 0.29) is 49.7 Å². The van der Waals surface area contributed by atoms with E-state index in [9.17, 15) is 7.85 Å². The molecule has 4 nitrogen and oxygen atoms in total. The Morgan fingerprint density at radius 1 is 0.540 bits per heavy atom. The summed E-state index contributed by atoms with van der Waals surface area (Å²) < 4.78 is 21.6. The number of hydrogen-bond acceptors (Lipinski definition) is 3. The van der Waals surface area contributed by atoms with Crippen molar-refractivity contribution in [2.45, 2.75) is 105 Å². The van der Waals surface area contributed by atoms with Crippen LogP contribution in [0.15, 0.2) is 140 Å². The molecule has 8 rings (SSSR count). The van der Waals surface area contributed by atoms with Crippen LogP contribution < -0.4 is 0 Å². The molecule has 5 heteroatoms. The fourth-order valence-electron chi connectivity index (χ4n) is 8.05. The van der Waals surface area contributed by atoms with E-state index in [1.807, 2.05) is 78.1 Å². The number of hydrogen-bond donors (Lipinski definition) is 1. The van der Waals surface area contributed by atoms with Crippen LogP contribution in [0.25, 0.3) is 72.7 Å². The molecule has 2 heterocycles. The molecule has 324 valence electrons. The SMILES string of the molecule is [2H]c1c(-c2nc3c(-c4[c-]c(-c5cc(-c6ccccc6)ccn5)cc(C(C)(C)C)c4)cccc3n2-c2ccc(C(C)(C)C)cc2-c2ccccc2)c(O)c(C(C)(C)C)c([2H])c1C(C)(C)C.[Pt]. The van der Waals surface area contributed by atoms with Crippen molar-refractivity contribution < 1.29 is 28.9 Å². The first kappa shape index (κ1) is 42.7. The molecule has 0 radical (unpaired) electrons. The number of nitrogens with zero attached hydrogens (tertiary/aromatic N) is 3. The number of aromatic nitrogens is 3. The summed E-state index contributed by atoms with van der Waals surface area (Å²) in [7, 11) is 0. The maximum absolute atomic E-state index is 12.6. The molecule has 2 aromatic heterocycles. The largest absolute Gasteiger partial charge is 0.507 e. The van der Waals surface area contributed by atoms with E-state index in [0.717, 1.165) is 61.4 Å². The van der Waals surface area contributed by atoms with Gasteiger partial charge in [-0.25, -0.2) is 4.98 Å². The molecule has 63 heavy (non-hydrogen) atoms. The monoisotopic (exact) mass is 1010 g/mol. The topological polar surface area (TPSA) is 50.9 Å². The summed E-state index contributed by atoms with van der Waals surface area (Å²) in [4.78, 5) is 10.5. The van der Waals surface area contributed by atoms with E-state index in [1.54, 1.807) is 0 Å². The molecular formula is C58H60N3OPt-. The van der Waals surface area contributed by atoms with Crippen LogP contribution in [0.2, 0.25) is 0 Å². The first-order chi connectivity index (χ1) is 30.0. The van der Waals surface area contributed by atoms with Gasteiger partial charge in [-0.2, -0.15) is 0 Å². The van der Waals surface area contributed by atoms with Gasteiger partial charge in [-0.1, -0.05) is 185 Å². The molecule has 0 aliphatic carbocycles. The van der Waals surface area contributed by atoms with Crippen LogP contribution in [0, 0.1) is 6.07 Å². The zero-order valence-corrected chi connectivity index (χ0v) is 41.0. The predicted octanol–water partition coefficient (Wildman–Crippen LogP) is 15.4. The Kier molecular flexibility index (Phi) is 11.4. The van der Waals surface area contributed by atoms with Crippen molar-refractivity contribution in [3.05, 3.63) is 168 Å². The molecule has 0 aliphatic heterocycles. The van der Waals surface area contributed by atoms with E-state index in [0.29, 0.717) is 28.0 Å². The van der Waals surface area contributed by atoms with E-state index in [2.05, 4.69) is 143 Å². The summed E-state index contributed by atoms with van der Waals surface area (Å²) in [6.07, 6.45) is 1.86. The average Bonchev–Trinajstić information content (AvgIpc) is 3.61. The number of pyridine rings is 1. The Labute approximate surface area is 392 Å². The fraction of sp³-hybridized carbons (Fsp3) is 0.276. The third kappa shape index (κ3) is 9.11. The number of aromatic hydroxyl groups is 1. The number of phenols is 1. The van der Waals surface area contributed by atoms with Crippen molar-refractivity contribution in [1.82, 2.24) is 14.5 Å². The van der Waals surface area contributed by atoms with Crippen LogP contribution >= 0.6 is 0 Å². The second kappa shape index (κ2) is 16.9. The van der Waals surface area contributed by atoms with E-state index >= 15 is 0 Å². The number of benzene rings is 6. The molecule has 8 aromatic rings. The van der Waals surface area contributed by atoms with Crippen molar-refractivity contribution in [2.75, 3.05) is 0 Å². The molecule has 0 saturated carbocycles. The number of imidazole rings is 1. The van der Waals surface area contributed by atoms with Gasteiger partial charge < -0.3 is 5.11 Å². The molecule has 0 spiro atoms.